The Kier molecular flexibility index (Phi) is 4.57. The second-order valence-corrected chi connectivity index (χ2v) is 7.26. The molecule has 0 saturated carbocycles. The van der Waals surface area contributed by atoms with Gasteiger partial charge < -0.3 is 0 Å². The van der Waals surface area contributed by atoms with Crippen molar-refractivity contribution in [2.75, 3.05) is 0 Å². The molecule has 0 saturated heterocycles. The Balaban J connectivity index is 1.95. The molecule has 0 aliphatic carbocycles. The molecule has 0 unspecified atom stereocenters. The summed E-state index contributed by atoms with van der Waals surface area (Å²) in [4.78, 5) is 7.80. The van der Waals surface area contributed by atoms with Crippen molar-refractivity contribution in [1.29, 1.82) is 0 Å². The predicted molar refractivity (Wildman–Crippen MR) is 85.2 cm³/mol. The zero-order valence-corrected chi connectivity index (χ0v) is 14.4. The van der Waals surface area contributed by atoms with Crippen LogP contribution < -0.4 is 0 Å². The summed E-state index contributed by atoms with van der Waals surface area (Å²) in [6, 6.07) is 4.16. The zero-order valence-electron chi connectivity index (χ0n) is 13.6. The van der Waals surface area contributed by atoms with E-state index in [9.17, 15) is 21.6 Å². The fourth-order valence-electron chi connectivity index (χ4n) is 2.43. The van der Waals surface area contributed by atoms with E-state index in [0.717, 1.165) is 12.1 Å². The third-order valence-corrected chi connectivity index (χ3v) is 5.17. The van der Waals surface area contributed by atoms with E-state index >= 15 is 0 Å². The highest BCUT2D eigenvalue weighted by Gasteiger charge is 2.30. The summed E-state index contributed by atoms with van der Waals surface area (Å²) in [5.74, 6) is -0.159. The van der Waals surface area contributed by atoms with Crippen molar-refractivity contribution in [1.82, 2.24) is 24.3 Å². The standard InChI is InChI=1S/C15H14F3N5O2S/c1-2-23-13(20-10-21-23)9-26(24,25)14-19-7-8-22(14)12-5-3-11(4-6-12)15(16,17)18/h3-8,10H,2,9H2,1H3. The number of sulfone groups is 1. The van der Waals surface area contributed by atoms with E-state index in [1.807, 2.05) is 0 Å². The molecule has 138 valence electrons. The van der Waals surface area contributed by atoms with Crippen LogP contribution in [-0.2, 0) is 28.3 Å². The highest BCUT2D eigenvalue weighted by molar-refractivity contribution is 7.90. The number of hydrogen-bond donors (Lipinski definition) is 0. The van der Waals surface area contributed by atoms with Gasteiger partial charge in [0.05, 0.1) is 5.56 Å². The Hall–Kier alpha value is -2.69. The molecule has 0 radical (unpaired) electrons. The van der Waals surface area contributed by atoms with E-state index < -0.39 is 27.3 Å². The van der Waals surface area contributed by atoms with Crippen molar-refractivity contribution in [2.45, 2.75) is 30.6 Å². The van der Waals surface area contributed by atoms with Crippen molar-refractivity contribution >= 4 is 9.84 Å². The molecule has 0 aliphatic rings. The highest BCUT2D eigenvalue weighted by Crippen LogP contribution is 2.30. The topological polar surface area (TPSA) is 82.7 Å². The maximum atomic E-state index is 12.7. The van der Waals surface area contributed by atoms with Gasteiger partial charge in [-0.2, -0.15) is 18.3 Å². The zero-order chi connectivity index (χ0) is 18.9. The van der Waals surface area contributed by atoms with Crippen LogP contribution in [-0.4, -0.2) is 32.7 Å². The molecule has 0 N–H and O–H groups in total. The van der Waals surface area contributed by atoms with Crippen molar-refractivity contribution in [3.8, 4) is 5.69 Å². The summed E-state index contributed by atoms with van der Waals surface area (Å²) in [6.07, 6.45) is -0.557. The summed E-state index contributed by atoms with van der Waals surface area (Å²) < 4.78 is 66.1. The average Bonchev–Trinajstić information content (AvgIpc) is 3.23. The molecule has 0 amide bonds. The third-order valence-electron chi connectivity index (χ3n) is 3.67. The molecule has 0 bridgehead atoms. The number of imidazole rings is 1. The largest absolute Gasteiger partial charge is 0.416 e. The van der Waals surface area contributed by atoms with Gasteiger partial charge in [-0.05, 0) is 31.2 Å². The van der Waals surface area contributed by atoms with Gasteiger partial charge in [-0.1, -0.05) is 0 Å². The van der Waals surface area contributed by atoms with Crippen molar-refractivity contribution < 1.29 is 21.6 Å². The molecule has 0 aliphatic heterocycles. The van der Waals surface area contributed by atoms with Gasteiger partial charge in [0.2, 0.25) is 15.0 Å². The van der Waals surface area contributed by atoms with Gasteiger partial charge in [-0.3, -0.25) is 4.57 Å². The first kappa shape index (κ1) is 18.1. The van der Waals surface area contributed by atoms with Gasteiger partial charge in [0.25, 0.3) is 0 Å². The molecule has 3 aromatic rings. The smallest absolute Gasteiger partial charge is 0.291 e. The molecule has 0 atom stereocenters. The number of rotatable bonds is 5. The summed E-state index contributed by atoms with van der Waals surface area (Å²) in [5.41, 5.74) is -0.562. The van der Waals surface area contributed by atoms with Crippen LogP contribution in [0.15, 0.2) is 48.1 Å². The van der Waals surface area contributed by atoms with Crippen LogP contribution in [0.3, 0.4) is 0 Å². The second-order valence-electron chi connectivity index (χ2n) is 5.38. The molecule has 0 fully saturated rings. The number of alkyl halides is 3. The van der Waals surface area contributed by atoms with E-state index in [-0.39, 0.29) is 16.7 Å². The summed E-state index contributed by atoms with van der Waals surface area (Å²) in [6.45, 7) is 2.26. The Bertz CT molecular complexity index is 1010. The molecule has 2 heterocycles. The van der Waals surface area contributed by atoms with Gasteiger partial charge in [0, 0.05) is 24.6 Å². The first-order chi connectivity index (χ1) is 12.2. The SMILES string of the molecule is CCn1ncnc1CS(=O)(=O)c1nccn1-c1ccc(C(F)(F)F)cc1. The normalized spacial score (nSPS) is 12.5. The molecule has 3 rings (SSSR count). The Labute approximate surface area is 147 Å². The van der Waals surface area contributed by atoms with Gasteiger partial charge in [-0.15, -0.1) is 0 Å². The molecule has 7 nitrogen and oxygen atoms in total. The number of halogens is 3. The number of aryl methyl sites for hydroxylation is 1. The Morgan fingerprint density at radius 1 is 1.12 bits per heavy atom. The van der Waals surface area contributed by atoms with Crippen LogP contribution in [0.1, 0.15) is 18.3 Å². The van der Waals surface area contributed by atoms with Crippen molar-refractivity contribution in [3.63, 3.8) is 0 Å². The van der Waals surface area contributed by atoms with Crippen molar-refractivity contribution in [2.24, 2.45) is 0 Å². The number of hydrogen-bond acceptors (Lipinski definition) is 5. The number of aromatic nitrogens is 5. The van der Waals surface area contributed by atoms with E-state index in [0.29, 0.717) is 6.54 Å². The Morgan fingerprint density at radius 2 is 1.81 bits per heavy atom. The first-order valence-electron chi connectivity index (χ1n) is 7.53. The monoisotopic (exact) mass is 385 g/mol. The average molecular weight is 385 g/mol. The molecular formula is C15H14F3N5O2S. The minimum atomic E-state index is -4.47. The minimum Gasteiger partial charge on any atom is -0.291 e. The lowest BCUT2D eigenvalue weighted by Gasteiger charge is -2.11. The van der Waals surface area contributed by atoms with Gasteiger partial charge in [0.1, 0.15) is 17.9 Å². The van der Waals surface area contributed by atoms with Crippen LogP contribution in [0.4, 0.5) is 13.2 Å². The lowest BCUT2D eigenvalue weighted by Crippen LogP contribution is -2.15. The lowest BCUT2D eigenvalue weighted by atomic mass is 10.2. The molecular weight excluding hydrogens is 371 g/mol. The van der Waals surface area contributed by atoms with Crippen LogP contribution in [0.5, 0.6) is 0 Å². The molecule has 2 aromatic heterocycles. The first-order valence-corrected chi connectivity index (χ1v) is 9.18. The Morgan fingerprint density at radius 3 is 2.42 bits per heavy atom. The van der Waals surface area contributed by atoms with Crippen LogP contribution in [0.25, 0.3) is 5.69 Å². The van der Waals surface area contributed by atoms with Crippen LogP contribution in [0.2, 0.25) is 0 Å². The molecule has 0 spiro atoms. The third kappa shape index (κ3) is 3.47. The van der Waals surface area contributed by atoms with Crippen LogP contribution in [0, 0.1) is 0 Å². The minimum absolute atomic E-state index is 0.256. The van der Waals surface area contributed by atoms with Crippen molar-refractivity contribution in [3.05, 3.63) is 54.4 Å². The second kappa shape index (κ2) is 6.56. The highest BCUT2D eigenvalue weighted by atomic mass is 32.2. The molecule has 11 heteroatoms. The van der Waals surface area contributed by atoms with E-state index in [2.05, 4.69) is 15.1 Å². The van der Waals surface area contributed by atoms with Gasteiger partial charge in [-0.25, -0.2) is 23.1 Å². The fourth-order valence-corrected chi connectivity index (χ4v) is 3.81. The fraction of sp³-hybridized carbons (Fsp3) is 0.267. The molecule has 1 aromatic carbocycles. The van der Waals surface area contributed by atoms with Gasteiger partial charge >= 0.3 is 6.18 Å². The number of nitrogens with zero attached hydrogens (tertiary/aromatic N) is 5. The summed E-state index contributed by atoms with van der Waals surface area (Å²) >= 11 is 0. The quantitative estimate of drug-likeness (QED) is 0.674. The molecule has 26 heavy (non-hydrogen) atoms. The summed E-state index contributed by atoms with van der Waals surface area (Å²) in [7, 11) is -3.88. The van der Waals surface area contributed by atoms with Crippen LogP contribution >= 0.6 is 0 Å². The predicted octanol–water partition coefficient (Wildman–Crippen LogP) is 2.48. The maximum absolute atomic E-state index is 12.7. The van der Waals surface area contributed by atoms with Gasteiger partial charge in [0.15, 0.2) is 0 Å². The summed E-state index contributed by atoms with van der Waals surface area (Å²) in [5, 5.41) is 3.65. The van der Waals surface area contributed by atoms with E-state index in [1.165, 1.54) is 40.1 Å². The maximum Gasteiger partial charge on any atom is 0.416 e. The van der Waals surface area contributed by atoms with E-state index in [4.69, 9.17) is 0 Å². The lowest BCUT2D eigenvalue weighted by molar-refractivity contribution is -0.137. The van der Waals surface area contributed by atoms with E-state index in [1.54, 1.807) is 6.92 Å². The number of benzene rings is 1.